The number of hydrogen-bond acceptors (Lipinski definition) is 3. The lowest BCUT2D eigenvalue weighted by atomic mass is 9.86. The van der Waals surface area contributed by atoms with Crippen LogP contribution in [0.1, 0.15) is 46.1 Å². The Balaban J connectivity index is 1.81. The van der Waals surface area contributed by atoms with Crippen molar-refractivity contribution < 1.29 is 0 Å². The molecule has 2 nitrogen and oxygen atoms in total. The molecule has 0 radical (unpaired) electrons. The van der Waals surface area contributed by atoms with Crippen LogP contribution in [0.15, 0.2) is 30.3 Å². The molecule has 1 heterocycles. The van der Waals surface area contributed by atoms with Crippen molar-refractivity contribution in [3.05, 3.63) is 45.9 Å². The monoisotopic (exact) mass is 264 g/mol. The highest BCUT2D eigenvalue weighted by molar-refractivity contribution is 7.11. The van der Waals surface area contributed by atoms with Crippen molar-refractivity contribution in [2.45, 2.75) is 30.6 Å². The molecule has 4 heteroatoms. The van der Waals surface area contributed by atoms with Crippen LogP contribution in [-0.2, 0) is 0 Å². The molecule has 2 aromatic rings. The molecular weight excluding hydrogens is 252 g/mol. The van der Waals surface area contributed by atoms with Crippen LogP contribution in [0.4, 0.5) is 0 Å². The van der Waals surface area contributed by atoms with Crippen LogP contribution in [0.2, 0.25) is 0 Å². The number of hydrogen-bond donors (Lipinski definition) is 0. The molecule has 1 aliphatic rings. The van der Waals surface area contributed by atoms with Gasteiger partial charge in [0.1, 0.15) is 15.4 Å². The van der Waals surface area contributed by atoms with Gasteiger partial charge in [0.05, 0.1) is 0 Å². The number of aromatic nitrogens is 2. The number of alkyl halides is 1. The van der Waals surface area contributed by atoms with Crippen molar-refractivity contribution in [1.82, 2.24) is 10.2 Å². The topological polar surface area (TPSA) is 25.8 Å². The van der Waals surface area contributed by atoms with Crippen molar-refractivity contribution in [2.75, 3.05) is 0 Å². The van der Waals surface area contributed by atoms with E-state index in [9.17, 15) is 0 Å². The van der Waals surface area contributed by atoms with E-state index in [0.717, 1.165) is 15.6 Å². The van der Waals surface area contributed by atoms with Crippen LogP contribution in [-0.4, -0.2) is 10.2 Å². The number of nitrogens with zero attached hydrogens (tertiary/aromatic N) is 2. The van der Waals surface area contributed by atoms with E-state index in [-0.39, 0.29) is 5.38 Å². The third kappa shape index (κ3) is 2.22. The van der Waals surface area contributed by atoms with E-state index in [1.165, 1.54) is 19.3 Å². The average molecular weight is 265 g/mol. The molecular formula is C13H13ClN2S. The standard InChI is InChI=1S/C13H13ClN2S/c14-11(9-5-2-1-3-6-9)13-16-15-12(17-13)10-7-4-8-10/h1-3,5-6,10-11H,4,7-8H2. The highest BCUT2D eigenvalue weighted by Crippen LogP contribution is 2.40. The Labute approximate surface area is 110 Å². The molecule has 1 unspecified atom stereocenters. The minimum Gasteiger partial charge on any atom is -0.143 e. The van der Waals surface area contributed by atoms with Crippen molar-refractivity contribution in [2.24, 2.45) is 0 Å². The molecule has 1 aliphatic carbocycles. The summed E-state index contributed by atoms with van der Waals surface area (Å²) in [7, 11) is 0. The molecule has 0 saturated heterocycles. The van der Waals surface area contributed by atoms with Crippen LogP contribution < -0.4 is 0 Å². The molecule has 1 aromatic carbocycles. The largest absolute Gasteiger partial charge is 0.143 e. The first-order chi connectivity index (χ1) is 8.34. The van der Waals surface area contributed by atoms with Crippen LogP contribution in [0.25, 0.3) is 0 Å². The third-order valence-corrected chi connectivity index (χ3v) is 4.96. The highest BCUT2D eigenvalue weighted by atomic mass is 35.5. The van der Waals surface area contributed by atoms with Gasteiger partial charge in [0.2, 0.25) is 0 Å². The zero-order valence-corrected chi connectivity index (χ0v) is 10.9. The van der Waals surface area contributed by atoms with Gasteiger partial charge >= 0.3 is 0 Å². The smallest absolute Gasteiger partial charge is 0.139 e. The van der Waals surface area contributed by atoms with E-state index in [0.29, 0.717) is 5.92 Å². The van der Waals surface area contributed by atoms with Crippen LogP contribution >= 0.6 is 22.9 Å². The summed E-state index contributed by atoms with van der Waals surface area (Å²) in [6, 6.07) is 10.0. The maximum Gasteiger partial charge on any atom is 0.139 e. The van der Waals surface area contributed by atoms with Crippen molar-refractivity contribution in [3.8, 4) is 0 Å². The fourth-order valence-corrected chi connectivity index (χ4v) is 3.28. The normalized spacial score (nSPS) is 17.7. The predicted octanol–water partition coefficient (Wildman–Crippen LogP) is 4.13. The Morgan fingerprint density at radius 2 is 1.94 bits per heavy atom. The fourth-order valence-electron chi connectivity index (χ4n) is 1.93. The van der Waals surface area contributed by atoms with Gasteiger partial charge < -0.3 is 0 Å². The SMILES string of the molecule is ClC(c1ccccc1)c1nnc(C2CCC2)s1. The summed E-state index contributed by atoms with van der Waals surface area (Å²) in [6.45, 7) is 0. The quantitative estimate of drug-likeness (QED) is 0.779. The molecule has 1 saturated carbocycles. The Bertz CT molecular complexity index is 493. The van der Waals surface area contributed by atoms with Crippen molar-refractivity contribution >= 4 is 22.9 Å². The maximum absolute atomic E-state index is 6.42. The van der Waals surface area contributed by atoms with Crippen molar-refractivity contribution in [3.63, 3.8) is 0 Å². The lowest BCUT2D eigenvalue weighted by Gasteiger charge is -2.21. The number of rotatable bonds is 3. The summed E-state index contributed by atoms with van der Waals surface area (Å²) in [4.78, 5) is 0. The van der Waals surface area contributed by atoms with Gasteiger partial charge in [-0.3, -0.25) is 0 Å². The lowest BCUT2D eigenvalue weighted by molar-refractivity contribution is 0.416. The number of benzene rings is 1. The van der Waals surface area contributed by atoms with Gasteiger partial charge in [-0.15, -0.1) is 21.8 Å². The Morgan fingerprint density at radius 3 is 2.59 bits per heavy atom. The van der Waals surface area contributed by atoms with E-state index in [1.54, 1.807) is 11.3 Å². The molecule has 88 valence electrons. The molecule has 0 amide bonds. The summed E-state index contributed by atoms with van der Waals surface area (Å²) in [6.07, 6.45) is 3.84. The van der Waals surface area contributed by atoms with Crippen LogP contribution in [0.5, 0.6) is 0 Å². The predicted molar refractivity (Wildman–Crippen MR) is 70.6 cm³/mol. The molecule has 17 heavy (non-hydrogen) atoms. The van der Waals surface area contributed by atoms with Crippen LogP contribution in [0.3, 0.4) is 0 Å². The number of halogens is 1. The van der Waals surface area contributed by atoms with Gasteiger partial charge in [-0.25, -0.2) is 0 Å². The molecule has 0 N–H and O–H groups in total. The van der Waals surface area contributed by atoms with Gasteiger partial charge in [0.25, 0.3) is 0 Å². The molecule has 0 spiro atoms. The molecule has 1 aromatic heterocycles. The molecule has 0 bridgehead atoms. The second-order valence-corrected chi connectivity index (χ2v) is 5.86. The van der Waals surface area contributed by atoms with Gasteiger partial charge in [-0.1, -0.05) is 48.1 Å². The molecule has 1 fully saturated rings. The highest BCUT2D eigenvalue weighted by Gasteiger charge is 2.25. The first kappa shape index (κ1) is 11.2. The lowest BCUT2D eigenvalue weighted by Crippen LogP contribution is -2.07. The second-order valence-electron chi connectivity index (χ2n) is 4.38. The maximum atomic E-state index is 6.42. The molecule has 1 atom stereocenters. The van der Waals surface area contributed by atoms with Crippen LogP contribution in [0, 0.1) is 0 Å². The van der Waals surface area contributed by atoms with Gasteiger partial charge in [-0.05, 0) is 18.4 Å². The average Bonchev–Trinajstić information content (AvgIpc) is 2.76. The first-order valence-electron chi connectivity index (χ1n) is 5.87. The van der Waals surface area contributed by atoms with E-state index >= 15 is 0 Å². The van der Waals surface area contributed by atoms with Crippen molar-refractivity contribution in [1.29, 1.82) is 0 Å². The van der Waals surface area contributed by atoms with E-state index in [4.69, 9.17) is 11.6 Å². The molecule has 0 aliphatic heterocycles. The zero-order chi connectivity index (χ0) is 11.7. The summed E-state index contributed by atoms with van der Waals surface area (Å²) in [5.74, 6) is 0.640. The summed E-state index contributed by atoms with van der Waals surface area (Å²) >= 11 is 8.08. The van der Waals surface area contributed by atoms with Gasteiger partial charge in [-0.2, -0.15) is 0 Å². The Hall–Kier alpha value is -0.930. The second kappa shape index (κ2) is 4.75. The Morgan fingerprint density at radius 1 is 1.18 bits per heavy atom. The summed E-state index contributed by atoms with van der Waals surface area (Å²) < 4.78 is 0. The minimum atomic E-state index is -0.164. The van der Waals surface area contributed by atoms with Gasteiger partial charge in [0, 0.05) is 5.92 Å². The van der Waals surface area contributed by atoms with E-state index in [1.807, 2.05) is 30.3 Å². The summed E-state index contributed by atoms with van der Waals surface area (Å²) in [5, 5.41) is 10.4. The fraction of sp³-hybridized carbons (Fsp3) is 0.385. The first-order valence-corrected chi connectivity index (χ1v) is 7.12. The van der Waals surface area contributed by atoms with E-state index in [2.05, 4.69) is 10.2 Å². The van der Waals surface area contributed by atoms with E-state index < -0.39 is 0 Å². The minimum absolute atomic E-state index is 0.164. The zero-order valence-electron chi connectivity index (χ0n) is 9.34. The third-order valence-electron chi connectivity index (χ3n) is 3.22. The Kier molecular flexibility index (Phi) is 3.12. The summed E-state index contributed by atoms with van der Waals surface area (Å²) in [5.41, 5.74) is 1.09. The molecule has 3 rings (SSSR count). The van der Waals surface area contributed by atoms with Gasteiger partial charge in [0.15, 0.2) is 0 Å².